The second-order valence-corrected chi connectivity index (χ2v) is 6.68. The Morgan fingerprint density at radius 3 is 2.40 bits per heavy atom. The molecule has 2 unspecified atom stereocenters. The topological polar surface area (TPSA) is 58.2 Å². The molecule has 5 heteroatoms. The first-order valence-electron chi connectivity index (χ1n) is 8.05. The van der Waals surface area contributed by atoms with Crippen LogP contribution < -0.4 is 10.6 Å². The van der Waals surface area contributed by atoms with Crippen molar-refractivity contribution in [2.45, 2.75) is 25.9 Å². The molecule has 0 aromatic heterocycles. The third-order valence-corrected chi connectivity index (χ3v) is 4.18. The average Bonchev–Trinajstić information content (AvgIpc) is 2.60. The summed E-state index contributed by atoms with van der Waals surface area (Å²) in [5.74, 6) is -0.532. The molecule has 0 saturated carbocycles. The van der Waals surface area contributed by atoms with Crippen molar-refractivity contribution in [3.8, 4) is 0 Å². The summed E-state index contributed by atoms with van der Waals surface area (Å²) >= 11 is 3.42. The lowest BCUT2D eigenvalue weighted by Crippen LogP contribution is -2.45. The summed E-state index contributed by atoms with van der Waals surface area (Å²) in [5.41, 5.74) is 1.92. The van der Waals surface area contributed by atoms with E-state index in [0.717, 1.165) is 15.6 Å². The van der Waals surface area contributed by atoms with Crippen molar-refractivity contribution >= 4 is 33.8 Å². The fraction of sp³-hybridized carbons (Fsp3) is 0.200. The third kappa shape index (κ3) is 6.19. The number of hydrogen-bond acceptors (Lipinski definition) is 2. The van der Waals surface area contributed by atoms with Crippen molar-refractivity contribution in [3.05, 3.63) is 76.3 Å². The maximum atomic E-state index is 12.3. The van der Waals surface area contributed by atoms with Crippen molar-refractivity contribution in [1.82, 2.24) is 10.6 Å². The number of benzene rings is 2. The van der Waals surface area contributed by atoms with Gasteiger partial charge in [0.25, 0.3) is 0 Å². The van der Waals surface area contributed by atoms with E-state index in [1.165, 1.54) is 6.08 Å². The summed E-state index contributed by atoms with van der Waals surface area (Å²) in [5, 5.41) is 5.57. The van der Waals surface area contributed by atoms with Crippen LogP contribution in [0.2, 0.25) is 0 Å². The standard InChI is InChI=1S/C20H21BrN2O2/c1-14(17-9-6-10-18(21)13-17)23-20(25)15(2)22-19(24)12-11-16-7-4-3-5-8-16/h3-15H,1-2H3,(H,22,24)(H,23,25)/b12-11+. The van der Waals surface area contributed by atoms with Crippen LogP contribution >= 0.6 is 15.9 Å². The van der Waals surface area contributed by atoms with Crippen molar-refractivity contribution in [2.75, 3.05) is 0 Å². The molecule has 2 atom stereocenters. The molecule has 130 valence electrons. The number of amides is 2. The van der Waals surface area contributed by atoms with Gasteiger partial charge in [0.05, 0.1) is 6.04 Å². The number of hydrogen-bond donors (Lipinski definition) is 2. The van der Waals surface area contributed by atoms with Gasteiger partial charge in [0.1, 0.15) is 6.04 Å². The molecule has 0 radical (unpaired) electrons. The van der Waals surface area contributed by atoms with Gasteiger partial charge >= 0.3 is 0 Å². The lowest BCUT2D eigenvalue weighted by molar-refractivity contribution is -0.127. The molecule has 0 spiro atoms. The lowest BCUT2D eigenvalue weighted by atomic mass is 10.1. The Morgan fingerprint density at radius 2 is 1.72 bits per heavy atom. The minimum Gasteiger partial charge on any atom is -0.348 e. The van der Waals surface area contributed by atoms with E-state index in [9.17, 15) is 9.59 Å². The van der Waals surface area contributed by atoms with Gasteiger partial charge in [-0.2, -0.15) is 0 Å². The van der Waals surface area contributed by atoms with Crippen molar-refractivity contribution in [1.29, 1.82) is 0 Å². The largest absolute Gasteiger partial charge is 0.348 e. The maximum absolute atomic E-state index is 12.3. The molecule has 2 N–H and O–H groups in total. The van der Waals surface area contributed by atoms with Crippen LogP contribution in [0.5, 0.6) is 0 Å². The Balaban J connectivity index is 1.87. The second kappa shape index (κ2) is 9.18. The monoisotopic (exact) mass is 400 g/mol. The Hall–Kier alpha value is -2.40. The minimum atomic E-state index is -0.623. The maximum Gasteiger partial charge on any atom is 0.244 e. The Morgan fingerprint density at radius 1 is 1.00 bits per heavy atom. The van der Waals surface area contributed by atoms with Gasteiger partial charge in [-0.05, 0) is 43.2 Å². The highest BCUT2D eigenvalue weighted by Gasteiger charge is 2.17. The summed E-state index contributed by atoms with van der Waals surface area (Å²) in [6.07, 6.45) is 3.14. The molecule has 0 bridgehead atoms. The second-order valence-electron chi connectivity index (χ2n) is 5.76. The smallest absolute Gasteiger partial charge is 0.244 e. The van der Waals surface area contributed by atoms with Gasteiger partial charge in [-0.15, -0.1) is 0 Å². The molecular weight excluding hydrogens is 380 g/mol. The molecule has 0 aliphatic carbocycles. The van der Waals surface area contributed by atoms with Crippen LogP contribution in [0.1, 0.15) is 31.0 Å². The van der Waals surface area contributed by atoms with Gasteiger partial charge < -0.3 is 10.6 Å². The van der Waals surface area contributed by atoms with Crippen molar-refractivity contribution in [3.63, 3.8) is 0 Å². The first-order chi connectivity index (χ1) is 12.0. The average molecular weight is 401 g/mol. The van der Waals surface area contributed by atoms with Crippen LogP contribution in [0.4, 0.5) is 0 Å². The highest BCUT2D eigenvalue weighted by molar-refractivity contribution is 9.10. The molecule has 0 heterocycles. The lowest BCUT2D eigenvalue weighted by Gasteiger charge is -2.18. The van der Waals surface area contributed by atoms with E-state index in [2.05, 4.69) is 26.6 Å². The molecule has 25 heavy (non-hydrogen) atoms. The van der Waals surface area contributed by atoms with Gasteiger partial charge in [-0.1, -0.05) is 58.4 Å². The van der Waals surface area contributed by atoms with Gasteiger partial charge in [-0.25, -0.2) is 0 Å². The first-order valence-corrected chi connectivity index (χ1v) is 8.84. The predicted octanol–water partition coefficient (Wildman–Crippen LogP) is 3.84. The highest BCUT2D eigenvalue weighted by atomic mass is 79.9. The van der Waals surface area contributed by atoms with Crippen LogP contribution in [-0.4, -0.2) is 17.9 Å². The zero-order valence-corrected chi connectivity index (χ0v) is 15.8. The van der Waals surface area contributed by atoms with Crippen LogP contribution in [0, 0.1) is 0 Å². The van der Waals surface area contributed by atoms with Crippen LogP contribution in [-0.2, 0) is 9.59 Å². The zero-order valence-electron chi connectivity index (χ0n) is 14.2. The fourth-order valence-electron chi connectivity index (χ4n) is 2.26. The molecule has 0 aliphatic heterocycles. The van der Waals surface area contributed by atoms with Crippen LogP contribution in [0.15, 0.2) is 65.1 Å². The van der Waals surface area contributed by atoms with E-state index in [0.29, 0.717) is 0 Å². The van der Waals surface area contributed by atoms with Gasteiger partial charge in [0, 0.05) is 10.5 Å². The number of rotatable bonds is 6. The van der Waals surface area contributed by atoms with E-state index in [1.807, 2.05) is 61.5 Å². The first kappa shape index (κ1) is 18.9. The number of carbonyl (C=O) groups is 2. The quantitative estimate of drug-likeness (QED) is 0.723. The summed E-state index contributed by atoms with van der Waals surface area (Å²) in [6.45, 7) is 3.57. The van der Waals surface area contributed by atoms with E-state index < -0.39 is 6.04 Å². The van der Waals surface area contributed by atoms with E-state index in [4.69, 9.17) is 0 Å². The molecule has 2 amide bonds. The Bertz CT molecular complexity index is 759. The Labute approximate surface area is 156 Å². The van der Waals surface area contributed by atoms with E-state index in [1.54, 1.807) is 13.0 Å². The van der Waals surface area contributed by atoms with Gasteiger partial charge in [0.15, 0.2) is 0 Å². The van der Waals surface area contributed by atoms with Crippen molar-refractivity contribution in [2.24, 2.45) is 0 Å². The third-order valence-electron chi connectivity index (χ3n) is 3.69. The van der Waals surface area contributed by atoms with E-state index >= 15 is 0 Å². The number of carbonyl (C=O) groups excluding carboxylic acids is 2. The molecule has 2 aromatic carbocycles. The van der Waals surface area contributed by atoms with Crippen LogP contribution in [0.3, 0.4) is 0 Å². The molecular formula is C20H21BrN2O2. The predicted molar refractivity (Wildman–Crippen MR) is 104 cm³/mol. The SMILES string of the molecule is CC(NC(=O)/C=C/c1ccccc1)C(=O)NC(C)c1cccc(Br)c1. The fourth-order valence-corrected chi connectivity index (χ4v) is 2.68. The minimum absolute atomic E-state index is 0.149. The van der Waals surface area contributed by atoms with E-state index in [-0.39, 0.29) is 17.9 Å². The van der Waals surface area contributed by atoms with Gasteiger partial charge in [0.2, 0.25) is 11.8 Å². The summed E-state index contributed by atoms with van der Waals surface area (Å²) in [4.78, 5) is 24.2. The molecule has 0 saturated heterocycles. The van der Waals surface area contributed by atoms with Crippen LogP contribution in [0.25, 0.3) is 6.08 Å². The molecule has 2 rings (SSSR count). The molecule has 0 aliphatic rings. The van der Waals surface area contributed by atoms with Crippen molar-refractivity contribution < 1.29 is 9.59 Å². The summed E-state index contributed by atoms with van der Waals surface area (Å²) in [6, 6.07) is 16.5. The van der Waals surface area contributed by atoms with Gasteiger partial charge in [-0.3, -0.25) is 9.59 Å². The molecule has 0 fully saturated rings. The number of halogens is 1. The molecule has 2 aromatic rings. The number of nitrogens with one attached hydrogen (secondary N) is 2. The Kier molecular flexibility index (Phi) is 6.95. The summed E-state index contributed by atoms with van der Waals surface area (Å²) < 4.78 is 0.957. The normalized spacial score (nSPS) is 13.2. The molecule has 4 nitrogen and oxygen atoms in total. The zero-order chi connectivity index (χ0) is 18.2. The highest BCUT2D eigenvalue weighted by Crippen LogP contribution is 2.17. The summed E-state index contributed by atoms with van der Waals surface area (Å²) in [7, 11) is 0.